The molecule has 6 heteroatoms. The van der Waals surface area contributed by atoms with E-state index in [-0.39, 0.29) is 12.0 Å². The second-order valence-electron chi connectivity index (χ2n) is 6.35. The van der Waals surface area contributed by atoms with E-state index in [0.717, 1.165) is 25.0 Å². The highest BCUT2D eigenvalue weighted by Gasteiger charge is 2.17. The molecule has 3 heterocycles. The molecule has 1 aromatic carbocycles. The molecule has 2 aromatic heterocycles. The summed E-state index contributed by atoms with van der Waals surface area (Å²) in [5, 5.41) is 4.14. The molecular formula is C20H21N3O3. The van der Waals surface area contributed by atoms with Gasteiger partial charge in [0.1, 0.15) is 6.10 Å². The van der Waals surface area contributed by atoms with E-state index in [1.807, 2.05) is 24.4 Å². The summed E-state index contributed by atoms with van der Waals surface area (Å²) in [6.07, 6.45) is 5.24. The van der Waals surface area contributed by atoms with Crippen molar-refractivity contribution in [2.45, 2.75) is 18.9 Å². The number of aromatic amines is 1. The molecule has 26 heavy (non-hydrogen) atoms. The minimum Gasteiger partial charge on any atom is -0.472 e. The lowest BCUT2D eigenvalue weighted by molar-refractivity contribution is 0.0953. The van der Waals surface area contributed by atoms with Crippen LogP contribution in [-0.2, 0) is 11.2 Å². The number of aromatic nitrogens is 2. The van der Waals surface area contributed by atoms with Crippen LogP contribution in [0.5, 0.6) is 5.88 Å². The Balaban J connectivity index is 1.30. The van der Waals surface area contributed by atoms with Gasteiger partial charge in [-0.2, -0.15) is 0 Å². The van der Waals surface area contributed by atoms with Crippen LogP contribution in [0.3, 0.4) is 0 Å². The first-order valence-electron chi connectivity index (χ1n) is 8.83. The molecule has 0 aliphatic carbocycles. The molecule has 6 nitrogen and oxygen atoms in total. The van der Waals surface area contributed by atoms with Gasteiger partial charge < -0.3 is 19.8 Å². The number of hydrogen-bond acceptors (Lipinski definition) is 4. The van der Waals surface area contributed by atoms with Crippen LogP contribution in [0.1, 0.15) is 22.3 Å². The monoisotopic (exact) mass is 351 g/mol. The van der Waals surface area contributed by atoms with Crippen molar-refractivity contribution in [2.75, 3.05) is 19.8 Å². The van der Waals surface area contributed by atoms with E-state index in [9.17, 15) is 4.79 Å². The summed E-state index contributed by atoms with van der Waals surface area (Å²) >= 11 is 0. The zero-order chi connectivity index (χ0) is 17.8. The molecule has 0 unspecified atom stereocenters. The van der Waals surface area contributed by atoms with E-state index in [2.05, 4.69) is 21.4 Å². The van der Waals surface area contributed by atoms with Gasteiger partial charge in [0.25, 0.3) is 5.91 Å². The quantitative estimate of drug-likeness (QED) is 0.716. The minimum absolute atomic E-state index is 0.0540. The van der Waals surface area contributed by atoms with Crippen molar-refractivity contribution in [1.82, 2.24) is 15.3 Å². The number of rotatable bonds is 6. The Bertz CT molecular complexity index is 883. The van der Waals surface area contributed by atoms with Crippen LogP contribution in [-0.4, -0.2) is 41.7 Å². The van der Waals surface area contributed by atoms with Crippen LogP contribution >= 0.6 is 0 Å². The first kappa shape index (κ1) is 16.6. The number of nitrogens with one attached hydrogen (secondary N) is 2. The van der Waals surface area contributed by atoms with Crippen molar-refractivity contribution in [2.24, 2.45) is 0 Å². The van der Waals surface area contributed by atoms with Gasteiger partial charge in [0.05, 0.1) is 18.8 Å². The van der Waals surface area contributed by atoms with Gasteiger partial charge in [0.2, 0.25) is 5.88 Å². The van der Waals surface area contributed by atoms with Crippen LogP contribution in [0.4, 0.5) is 0 Å². The summed E-state index contributed by atoms with van der Waals surface area (Å²) < 4.78 is 11.0. The molecule has 0 bridgehead atoms. The Hall–Kier alpha value is -2.86. The fourth-order valence-electron chi connectivity index (χ4n) is 3.11. The SMILES string of the molecule is O=C(NCCc1c[nH]c2ccccc12)c1ccc(O[C@@H]2CCOC2)nc1. The fourth-order valence-corrected chi connectivity index (χ4v) is 3.11. The van der Waals surface area contributed by atoms with Crippen molar-refractivity contribution in [3.05, 3.63) is 59.9 Å². The maximum Gasteiger partial charge on any atom is 0.252 e. The number of hydrogen-bond donors (Lipinski definition) is 2. The van der Waals surface area contributed by atoms with E-state index in [1.165, 1.54) is 10.9 Å². The van der Waals surface area contributed by atoms with Crippen molar-refractivity contribution >= 4 is 16.8 Å². The Labute approximate surface area is 151 Å². The maximum absolute atomic E-state index is 12.3. The van der Waals surface area contributed by atoms with Crippen molar-refractivity contribution in [3.8, 4) is 5.88 Å². The van der Waals surface area contributed by atoms with Crippen molar-refractivity contribution in [1.29, 1.82) is 0 Å². The summed E-state index contributed by atoms with van der Waals surface area (Å²) in [7, 11) is 0. The van der Waals surface area contributed by atoms with E-state index in [1.54, 1.807) is 18.3 Å². The molecule has 2 N–H and O–H groups in total. The zero-order valence-electron chi connectivity index (χ0n) is 14.4. The second-order valence-corrected chi connectivity index (χ2v) is 6.35. The summed E-state index contributed by atoms with van der Waals surface area (Å²) in [5.41, 5.74) is 2.83. The molecule has 1 saturated heterocycles. The zero-order valence-corrected chi connectivity index (χ0v) is 14.4. The molecule has 1 amide bonds. The topological polar surface area (TPSA) is 76.2 Å². The number of amides is 1. The second kappa shape index (κ2) is 7.58. The normalized spacial score (nSPS) is 16.7. The molecular weight excluding hydrogens is 330 g/mol. The van der Waals surface area contributed by atoms with E-state index in [4.69, 9.17) is 9.47 Å². The molecule has 0 spiro atoms. The number of nitrogens with zero attached hydrogens (tertiary/aromatic N) is 1. The van der Waals surface area contributed by atoms with E-state index >= 15 is 0 Å². The third-order valence-electron chi connectivity index (χ3n) is 4.53. The van der Waals surface area contributed by atoms with Crippen molar-refractivity contribution < 1.29 is 14.3 Å². The molecule has 0 radical (unpaired) electrons. The van der Waals surface area contributed by atoms with Gasteiger partial charge >= 0.3 is 0 Å². The standard InChI is InChI=1S/C20H21N3O3/c24-20(15-5-6-19(23-12-15)26-16-8-10-25-13-16)21-9-7-14-11-22-18-4-2-1-3-17(14)18/h1-6,11-12,16,22H,7-10,13H2,(H,21,24)/t16-/m1/s1. The molecule has 134 valence electrons. The molecule has 1 fully saturated rings. The van der Waals surface area contributed by atoms with Crippen LogP contribution in [0, 0.1) is 0 Å². The first-order chi connectivity index (χ1) is 12.8. The number of para-hydroxylation sites is 1. The van der Waals surface area contributed by atoms with Gasteiger partial charge in [-0.25, -0.2) is 4.98 Å². The summed E-state index contributed by atoms with van der Waals surface area (Å²) in [6.45, 7) is 1.89. The van der Waals surface area contributed by atoms with Gasteiger partial charge in [0, 0.05) is 42.3 Å². The molecule has 1 aliphatic rings. The summed E-state index contributed by atoms with van der Waals surface area (Å²) in [4.78, 5) is 19.7. The lowest BCUT2D eigenvalue weighted by Crippen LogP contribution is -2.25. The summed E-state index contributed by atoms with van der Waals surface area (Å²) in [5.74, 6) is 0.393. The van der Waals surface area contributed by atoms with Crippen LogP contribution in [0.2, 0.25) is 0 Å². The van der Waals surface area contributed by atoms with Crippen LogP contribution < -0.4 is 10.1 Å². The van der Waals surface area contributed by atoms with Crippen LogP contribution in [0.15, 0.2) is 48.8 Å². The average Bonchev–Trinajstić information content (AvgIpc) is 3.32. The number of carbonyl (C=O) groups excluding carboxylic acids is 1. The Morgan fingerprint density at radius 1 is 1.31 bits per heavy atom. The number of fused-ring (bicyclic) bond motifs is 1. The smallest absolute Gasteiger partial charge is 0.252 e. The Morgan fingerprint density at radius 2 is 2.23 bits per heavy atom. The lowest BCUT2D eigenvalue weighted by atomic mass is 10.1. The van der Waals surface area contributed by atoms with Crippen molar-refractivity contribution in [3.63, 3.8) is 0 Å². The van der Waals surface area contributed by atoms with Gasteiger partial charge in [0.15, 0.2) is 0 Å². The highest BCUT2D eigenvalue weighted by molar-refractivity contribution is 5.94. The molecule has 4 rings (SSSR count). The van der Waals surface area contributed by atoms with Gasteiger partial charge in [-0.15, -0.1) is 0 Å². The number of ether oxygens (including phenoxy) is 2. The van der Waals surface area contributed by atoms with E-state index < -0.39 is 0 Å². The first-order valence-corrected chi connectivity index (χ1v) is 8.83. The molecule has 3 aromatic rings. The Kier molecular flexibility index (Phi) is 4.84. The third-order valence-corrected chi connectivity index (χ3v) is 4.53. The van der Waals surface area contributed by atoms with Gasteiger partial charge in [-0.05, 0) is 24.1 Å². The number of carbonyl (C=O) groups is 1. The Morgan fingerprint density at radius 3 is 3.04 bits per heavy atom. The largest absolute Gasteiger partial charge is 0.472 e. The summed E-state index contributed by atoms with van der Waals surface area (Å²) in [6, 6.07) is 11.6. The third kappa shape index (κ3) is 3.70. The number of benzene rings is 1. The molecule has 0 saturated carbocycles. The van der Waals surface area contributed by atoms with Gasteiger partial charge in [-0.1, -0.05) is 18.2 Å². The number of H-pyrrole nitrogens is 1. The lowest BCUT2D eigenvalue weighted by Gasteiger charge is -2.11. The maximum atomic E-state index is 12.3. The molecule has 1 atom stereocenters. The highest BCUT2D eigenvalue weighted by atomic mass is 16.5. The predicted molar refractivity (Wildman–Crippen MR) is 98.4 cm³/mol. The fraction of sp³-hybridized carbons (Fsp3) is 0.300. The minimum atomic E-state index is -0.131. The number of pyridine rings is 1. The van der Waals surface area contributed by atoms with E-state index in [0.29, 0.717) is 24.6 Å². The average molecular weight is 351 g/mol. The van der Waals surface area contributed by atoms with Gasteiger partial charge in [-0.3, -0.25) is 4.79 Å². The van der Waals surface area contributed by atoms with Crippen LogP contribution in [0.25, 0.3) is 10.9 Å². The predicted octanol–water partition coefficient (Wildman–Crippen LogP) is 2.70. The molecule has 1 aliphatic heterocycles. The highest BCUT2D eigenvalue weighted by Crippen LogP contribution is 2.18.